The van der Waals surface area contributed by atoms with E-state index < -0.39 is 20.7 Å². The second kappa shape index (κ2) is 9.56. The van der Waals surface area contributed by atoms with Gasteiger partial charge in [0.2, 0.25) is 15.9 Å². The molecule has 2 unspecified atom stereocenters. The zero-order chi connectivity index (χ0) is 28.8. The smallest absolute Gasteiger partial charge is 0.248 e. The zero-order valence-corrected chi connectivity index (χ0v) is 25.2. The number of carbonyl (C=O) groups excluding carboxylic acids is 1. The van der Waals surface area contributed by atoms with Crippen LogP contribution in [0.3, 0.4) is 0 Å². The van der Waals surface area contributed by atoms with Crippen LogP contribution in [-0.2, 0) is 16.6 Å². The van der Waals surface area contributed by atoms with Gasteiger partial charge < -0.3 is 19.9 Å². The van der Waals surface area contributed by atoms with Gasteiger partial charge in [-0.05, 0) is 92.6 Å². The number of fused-ring (bicyclic) bond motifs is 11. The van der Waals surface area contributed by atoms with Gasteiger partial charge in [0.25, 0.3) is 0 Å². The van der Waals surface area contributed by atoms with Crippen LogP contribution in [0.15, 0.2) is 36.4 Å². The fourth-order valence-corrected chi connectivity index (χ4v) is 11.4. The van der Waals surface area contributed by atoms with Crippen LogP contribution in [0.2, 0.25) is 0 Å². The fraction of sp³-hybridized carbons (Fsp3) is 0.545. The van der Waals surface area contributed by atoms with E-state index in [2.05, 4.69) is 27.7 Å². The van der Waals surface area contributed by atoms with Gasteiger partial charge in [-0.15, -0.1) is 0 Å². The van der Waals surface area contributed by atoms with Gasteiger partial charge in [0.1, 0.15) is 10.5 Å². The molecule has 2 N–H and O–H groups in total. The second-order valence-corrected chi connectivity index (χ2v) is 15.5. The van der Waals surface area contributed by atoms with E-state index in [1.54, 1.807) is 7.11 Å². The molecule has 2 aromatic carbocycles. The van der Waals surface area contributed by atoms with Gasteiger partial charge in [-0.25, -0.2) is 8.42 Å². The third-order valence-electron chi connectivity index (χ3n) is 11.2. The molecule has 222 valence electrons. The number of hydrogen-bond acceptors (Lipinski definition) is 5. The predicted molar refractivity (Wildman–Crippen MR) is 163 cm³/mol. The minimum Gasteiger partial charge on any atom is -0.497 e. The highest BCUT2D eigenvalue weighted by Crippen LogP contribution is 2.64. The molecule has 4 aliphatic heterocycles. The number of nitrogens with two attached hydrogens (primary N) is 1. The second-order valence-electron chi connectivity index (χ2n) is 13.2. The monoisotopic (exact) mass is 588 g/mol. The van der Waals surface area contributed by atoms with Crippen molar-refractivity contribution in [2.24, 2.45) is 5.73 Å². The SMILES string of the molecule is COc1ccc2c(c1)C1CC1(S(=O)(=O)N1CCN3CCC1CC3)Cn1c-2c(C2CCCCC2)c2ccc(C(N)=O)cc21. The average Bonchev–Trinajstić information content (AvgIpc) is 3.77. The molecular weight excluding hydrogens is 548 g/mol. The summed E-state index contributed by atoms with van der Waals surface area (Å²) in [5.41, 5.74) is 11.8. The Balaban J connectivity index is 1.38. The highest BCUT2D eigenvalue weighted by molar-refractivity contribution is 7.91. The van der Waals surface area contributed by atoms with Crippen molar-refractivity contribution in [1.29, 1.82) is 0 Å². The highest BCUT2D eigenvalue weighted by Gasteiger charge is 2.68. The van der Waals surface area contributed by atoms with E-state index in [0.717, 1.165) is 78.8 Å². The molecule has 2 saturated carbocycles. The average molecular weight is 589 g/mol. The van der Waals surface area contributed by atoms with Crippen LogP contribution in [0, 0.1) is 0 Å². The molecule has 2 atom stereocenters. The van der Waals surface area contributed by atoms with Gasteiger partial charge in [-0.1, -0.05) is 25.3 Å². The first-order chi connectivity index (χ1) is 20.3. The van der Waals surface area contributed by atoms with Crippen LogP contribution in [0.4, 0.5) is 0 Å². The normalized spacial score (nSPS) is 29.3. The molecule has 42 heavy (non-hydrogen) atoms. The maximum Gasteiger partial charge on any atom is 0.248 e. The lowest BCUT2D eigenvalue weighted by Gasteiger charge is -2.34. The molecule has 3 saturated heterocycles. The van der Waals surface area contributed by atoms with E-state index in [0.29, 0.717) is 31.0 Å². The predicted octanol–water partition coefficient (Wildman–Crippen LogP) is 4.81. The number of rotatable bonds is 5. The quantitative estimate of drug-likeness (QED) is 0.461. The number of benzene rings is 2. The number of amides is 1. The van der Waals surface area contributed by atoms with Gasteiger partial charge >= 0.3 is 0 Å². The van der Waals surface area contributed by atoms with Crippen LogP contribution >= 0.6 is 0 Å². The number of methoxy groups -OCH3 is 1. The van der Waals surface area contributed by atoms with Gasteiger partial charge in [0.05, 0.1) is 12.8 Å². The third-order valence-corrected chi connectivity index (χ3v) is 13.9. The lowest BCUT2D eigenvalue weighted by atomic mass is 9.81. The van der Waals surface area contributed by atoms with Crippen molar-refractivity contribution in [2.75, 3.05) is 33.3 Å². The van der Waals surface area contributed by atoms with E-state index >= 15 is 0 Å². The summed E-state index contributed by atoms with van der Waals surface area (Å²) in [6, 6.07) is 12.1. The number of hydrogen-bond donors (Lipinski definition) is 1. The van der Waals surface area contributed by atoms with Crippen molar-refractivity contribution < 1.29 is 17.9 Å². The summed E-state index contributed by atoms with van der Waals surface area (Å²) in [7, 11) is -1.98. The lowest BCUT2D eigenvalue weighted by molar-refractivity contribution is 0.100. The fourth-order valence-electron chi connectivity index (χ4n) is 8.85. The van der Waals surface area contributed by atoms with E-state index in [9.17, 15) is 13.2 Å². The summed E-state index contributed by atoms with van der Waals surface area (Å²) >= 11 is 0. The van der Waals surface area contributed by atoms with Crippen LogP contribution in [0.1, 0.15) is 84.7 Å². The first-order valence-electron chi connectivity index (χ1n) is 15.7. The largest absolute Gasteiger partial charge is 0.497 e. The van der Waals surface area contributed by atoms with Crippen LogP contribution in [-0.4, -0.2) is 72.2 Å². The van der Waals surface area contributed by atoms with E-state index in [4.69, 9.17) is 10.5 Å². The van der Waals surface area contributed by atoms with Gasteiger partial charge in [0.15, 0.2) is 0 Å². The van der Waals surface area contributed by atoms with Crippen molar-refractivity contribution in [3.05, 3.63) is 53.1 Å². The van der Waals surface area contributed by atoms with Crippen molar-refractivity contribution >= 4 is 26.8 Å². The molecule has 0 radical (unpaired) electrons. The topological polar surface area (TPSA) is 97.9 Å². The Morgan fingerprint density at radius 2 is 1.76 bits per heavy atom. The van der Waals surface area contributed by atoms with Crippen molar-refractivity contribution in [2.45, 2.75) is 80.5 Å². The minimum atomic E-state index is -3.65. The summed E-state index contributed by atoms with van der Waals surface area (Å²) in [5, 5.41) is 1.12. The summed E-state index contributed by atoms with van der Waals surface area (Å²) in [6.45, 7) is 3.68. The Morgan fingerprint density at radius 3 is 2.50 bits per heavy atom. The summed E-state index contributed by atoms with van der Waals surface area (Å²) < 4.78 is 38.9. The highest BCUT2D eigenvalue weighted by atomic mass is 32.2. The molecule has 9 rings (SSSR count). The summed E-state index contributed by atoms with van der Waals surface area (Å²) in [5.74, 6) is 0.575. The van der Waals surface area contributed by atoms with E-state index in [1.807, 2.05) is 22.5 Å². The number of carbonyl (C=O) groups is 1. The van der Waals surface area contributed by atoms with Gasteiger partial charge in [-0.3, -0.25) is 4.79 Å². The number of piperidine rings is 1. The molecule has 1 amide bonds. The van der Waals surface area contributed by atoms with Crippen molar-refractivity contribution in [1.82, 2.24) is 13.8 Å². The maximum absolute atomic E-state index is 15.0. The molecule has 3 aromatic rings. The zero-order valence-electron chi connectivity index (χ0n) is 24.3. The number of aromatic nitrogens is 1. The van der Waals surface area contributed by atoms with Crippen molar-refractivity contribution in [3.8, 4) is 17.0 Å². The molecule has 8 nitrogen and oxygen atoms in total. The van der Waals surface area contributed by atoms with E-state index in [1.165, 1.54) is 24.8 Å². The maximum atomic E-state index is 15.0. The lowest BCUT2D eigenvalue weighted by Crippen LogP contribution is -2.48. The Kier molecular flexibility index (Phi) is 6.08. The molecular formula is C33H40N4O4S. The number of primary amides is 1. The molecule has 2 bridgehead atoms. The Hall–Kier alpha value is -2.88. The summed E-state index contributed by atoms with van der Waals surface area (Å²) in [4.78, 5) is 14.8. The molecule has 6 aliphatic rings. The first-order valence-corrected chi connectivity index (χ1v) is 17.1. The standard InChI is InChI=1S/C33H40N4O4S/c1-41-24-8-10-25-27(18-24)28-19-33(28,42(39,40)37-16-15-35-13-11-23(37)12-14-35)20-36-29-17-22(32(34)38)7-9-26(29)30(31(25)36)21-5-3-2-4-6-21/h7-10,17-18,21,23,28H,2-6,11-16,19-20H2,1H3,(H2,34,38). The Morgan fingerprint density at radius 1 is 0.976 bits per heavy atom. The number of sulfonamides is 1. The Labute approximate surface area is 247 Å². The first kappa shape index (κ1) is 26.7. The Bertz CT molecular complexity index is 1700. The van der Waals surface area contributed by atoms with Crippen LogP contribution in [0.5, 0.6) is 5.75 Å². The molecule has 5 fully saturated rings. The van der Waals surface area contributed by atoms with E-state index in [-0.39, 0.29) is 12.0 Å². The summed E-state index contributed by atoms with van der Waals surface area (Å²) in [6.07, 6.45) is 8.27. The number of ether oxygens (including phenoxy) is 1. The van der Waals surface area contributed by atoms with Crippen molar-refractivity contribution in [3.63, 3.8) is 0 Å². The molecule has 5 heterocycles. The van der Waals surface area contributed by atoms with Gasteiger partial charge in [-0.2, -0.15) is 4.31 Å². The molecule has 1 aromatic heterocycles. The third kappa shape index (κ3) is 3.78. The minimum absolute atomic E-state index is 0.0672. The number of nitrogens with zero attached hydrogens (tertiary/aromatic N) is 3. The van der Waals surface area contributed by atoms with Crippen LogP contribution < -0.4 is 10.5 Å². The molecule has 0 spiro atoms. The molecule has 9 heteroatoms. The molecule has 2 aliphatic carbocycles. The van der Waals surface area contributed by atoms with Crippen LogP contribution in [0.25, 0.3) is 22.2 Å². The van der Waals surface area contributed by atoms with Gasteiger partial charge in [0, 0.05) is 53.6 Å².